The van der Waals surface area contributed by atoms with E-state index in [2.05, 4.69) is 9.97 Å². The smallest absolute Gasteiger partial charge is 0.345 e. The number of rotatable bonds is 2. The summed E-state index contributed by atoms with van der Waals surface area (Å²) in [5, 5.41) is 0.748. The molecule has 1 heterocycles. The number of fused-ring (bicyclic) bond motifs is 1. The molecule has 15 heavy (non-hydrogen) atoms. The molecule has 2 aromatic rings. The lowest BCUT2D eigenvalue weighted by Gasteiger charge is -2.07. The van der Waals surface area contributed by atoms with E-state index in [-0.39, 0.29) is 0 Å². The van der Waals surface area contributed by atoms with Crippen LogP contribution in [0.5, 0.6) is 11.5 Å². The minimum atomic E-state index is -0.391. The average molecular weight is 206 g/mol. The van der Waals surface area contributed by atoms with Crippen molar-refractivity contribution in [3.8, 4) is 11.5 Å². The summed E-state index contributed by atoms with van der Waals surface area (Å²) in [6.45, 7) is 0. The predicted octanol–water partition coefficient (Wildman–Crippen LogP) is 0.940. The predicted molar refractivity (Wildman–Crippen MR) is 55.5 cm³/mol. The first-order chi connectivity index (χ1) is 7.24. The maximum absolute atomic E-state index is 11.0. The number of benzene rings is 1. The second-order valence-electron chi connectivity index (χ2n) is 2.98. The van der Waals surface area contributed by atoms with Gasteiger partial charge in [-0.2, -0.15) is 0 Å². The van der Waals surface area contributed by atoms with Crippen molar-refractivity contribution in [3.05, 3.63) is 28.8 Å². The Hall–Kier alpha value is -2.04. The molecule has 0 spiro atoms. The molecule has 0 saturated carbocycles. The fraction of sp³-hybridized carbons (Fsp3) is 0.200. The molecule has 0 aliphatic rings. The molecular formula is C10H10N2O3. The van der Waals surface area contributed by atoms with E-state index in [0.29, 0.717) is 17.0 Å². The largest absolute Gasteiger partial charge is 0.497 e. The lowest BCUT2D eigenvalue weighted by molar-refractivity contribution is 0.397. The minimum Gasteiger partial charge on any atom is -0.497 e. The zero-order valence-electron chi connectivity index (χ0n) is 8.40. The molecule has 0 fully saturated rings. The number of methoxy groups -OCH3 is 2. The van der Waals surface area contributed by atoms with Crippen LogP contribution in [0.25, 0.3) is 10.9 Å². The topological polar surface area (TPSA) is 64.2 Å². The Morgan fingerprint density at radius 3 is 2.73 bits per heavy atom. The first kappa shape index (κ1) is 9.51. The van der Waals surface area contributed by atoms with Crippen molar-refractivity contribution < 1.29 is 9.47 Å². The number of H-pyrrole nitrogens is 1. The maximum atomic E-state index is 11.0. The van der Waals surface area contributed by atoms with Crippen molar-refractivity contribution in [2.45, 2.75) is 0 Å². The van der Waals surface area contributed by atoms with E-state index < -0.39 is 5.69 Å². The van der Waals surface area contributed by atoms with Gasteiger partial charge in [0.15, 0.2) is 0 Å². The van der Waals surface area contributed by atoms with Gasteiger partial charge in [-0.15, -0.1) is 0 Å². The normalized spacial score (nSPS) is 10.3. The highest BCUT2D eigenvalue weighted by molar-refractivity contribution is 5.85. The summed E-state index contributed by atoms with van der Waals surface area (Å²) in [6.07, 6.45) is 1.48. The Balaban J connectivity index is 2.80. The van der Waals surface area contributed by atoms with Crippen molar-refractivity contribution >= 4 is 10.9 Å². The number of aromatic amines is 1. The van der Waals surface area contributed by atoms with Gasteiger partial charge in [0.1, 0.15) is 11.5 Å². The minimum absolute atomic E-state index is 0.391. The van der Waals surface area contributed by atoms with E-state index in [0.717, 1.165) is 5.39 Å². The third-order valence-electron chi connectivity index (χ3n) is 2.12. The lowest BCUT2D eigenvalue weighted by atomic mass is 10.2. The molecule has 0 radical (unpaired) electrons. The molecule has 0 saturated heterocycles. The van der Waals surface area contributed by atoms with Crippen molar-refractivity contribution in [2.75, 3.05) is 14.2 Å². The van der Waals surface area contributed by atoms with E-state index in [9.17, 15) is 4.79 Å². The summed E-state index contributed by atoms with van der Waals surface area (Å²) in [5.74, 6) is 1.24. The zero-order valence-corrected chi connectivity index (χ0v) is 8.40. The van der Waals surface area contributed by atoms with Gasteiger partial charge in [0.25, 0.3) is 0 Å². The van der Waals surface area contributed by atoms with E-state index in [1.165, 1.54) is 6.20 Å². The van der Waals surface area contributed by atoms with Crippen LogP contribution in [0.1, 0.15) is 0 Å². The molecule has 5 nitrogen and oxygen atoms in total. The number of aromatic nitrogens is 2. The summed E-state index contributed by atoms with van der Waals surface area (Å²) in [6, 6.07) is 3.46. The van der Waals surface area contributed by atoms with Crippen LogP contribution in [0, 0.1) is 0 Å². The molecule has 0 amide bonds. The van der Waals surface area contributed by atoms with Crippen molar-refractivity contribution in [1.82, 2.24) is 9.97 Å². The second kappa shape index (κ2) is 3.61. The van der Waals surface area contributed by atoms with Gasteiger partial charge in [-0.25, -0.2) is 9.78 Å². The molecule has 0 atom stereocenters. The molecule has 2 rings (SSSR count). The summed E-state index contributed by atoms with van der Waals surface area (Å²) < 4.78 is 10.2. The lowest BCUT2D eigenvalue weighted by Crippen LogP contribution is -2.08. The third-order valence-corrected chi connectivity index (χ3v) is 2.12. The number of hydrogen-bond acceptors (Lipinski definition) is 4. The Bertz CT molecular complexity index is 548. The highest BCUT2D eigenvalue weighted by Crippen LogP contribution is 2.28. The van der Waals surface area contributed by atoms with E-state index in [4.69, 9.17) is 9.47 Å². The number of nitrogens with one attached hydrogen (secondary N) is 1. The molecule has 0 unspecified atom stereocenters. The van der Waals surface area contributed by atoms with Crippen molar-refractivity contribution in [2.24, 2.45) is 0 Å². The quantitative estimate of drug-likeness (QED) is 0.794. The van der Waals surface area contributed by atoms with Crippen molar-refractivity contribution in [1.29, 1.82) is 0 Å². The van der Waals surface area contributed by atoms with Crippen LogP contribution in [-0.2, 0) is 0 Å². The molecule has 5 heteroatoms. The van der Waals surface area contributed by atoms with Gasteiger partial charge in [0.05, 0.1) is 25.1 Å². The number of ether oxygens (including phenoxy) is 2. The summed E-state index contributed by atoms with van der Waals surface area (Å²) in [7, 11) is 3.11. The number of hydrogen-bond donors (Lipinski definition) is 1. The van der Waals surface area contributed by atoms with Crippen molar-refractivity contribution in [3.63, 3.8) is 0 Å². The second-order valence-corrected chi connectivity index (χ2v) is 2.98. The van der Waals surface area contributed by atoms with Crippen LogP contribution < -0.4 is 15.2 Å². The Labute approximate surface area is 85.7 Å². The Morgan fingerprint density at radius 1 is 1.27 bits per heavy atom. The summed E-state index contributed by atoms with van der Waals surface area (Å²) >= 11 is 0. The van der Waals surface area contributed by atoms with Crippen LogP contribution in [-0.4, -0.2) is 24.2 Å². The third kappa shape index (κ3) is 1.63. The molecule has 1 aromatic heterocycles. The van der Waals surface area contributed by atoms with Crippen LogP contribution in [0.4, 0.5) is 0 Å². The molecule has 1 aromatic carbocycles. The van der Waals surface area contributed by atoms with Crippen LogP contribution in [0.2, 0.25) is 0 Å². The fourth-order valence-corrected chi connectivity index (χ4v) is 1.40. The average Bonchev–Trinajstić information content (AvgIpc) is 2.26. The van der Waals surface area contributed by atoms with Crippen LogP contribution in [0.15, 0.2) is 23.1 Å². The SMILES string of the molecule is COc1cc(OC)c2cnc(=O)[nH]c2c1. The van der Waals surface area contributed by atoms with Gasteiger partial charge in [-0.05, 0) is 0 Å². The van der Waals surface area contributed by atoms with E-state index in [1.807, 2.05) is 0 Å². The van der Waals surface area contributed by atoms with E-state index >= 15 is 0 Å². The standard InChI is InChI=1S/C10H10N2O3/c1-14-6-3-8-7(9(4-6)15-2)5-11-10(13)12-8/h3-5H,1-2H3,(H,11,12,13). The highest BCUT2D eigenvalue weighted by Gasteiger charge is 2.05. The molecule has 0 aliphatic heterocycles. The summed E-state index contributed by atoms with van der Waals surface area (Å²) in [5.41, 5.74) is 0.254. The fourth-order valence-electron chi connectivity index (χ4n) is 1.40. The molecular weight excluding hydrogens is 196 g/mol. The summed E-state index contributed by atoms with van der Waals surface area (Å²) in [4.78, 5) is 17.3. The molecule has 0 aliphatic carbocycles. The Kier molecular flexibility index (Phi) is 2.29. The molecule has 78 valence electrons. The molecule has 1 N–H and O–H groups in total. The molecule has 0 bridgehead atoms. The van der Waals surface area contributed by atoms with Gasteiger partial charge in [-0.1, -0.05) is 0 Å². The van der Waals surface area contributed by atoms with Gasteiger partial charge < -0.3 is 14.5 Å². The first-order valence-corrected chi connectivity index (χ1v) is 4.35. The van der Waals surface area contributed by atoms with Gasteiger partial charge in [0.2, 0.25) is 0 Å². The van der Waals surface area contributed by atoms with Gasteiger partial charge in [0, 0.05) is 18.3 Å². The van der Waals surface area contributed by atoms with Gasteiger partial charge in [-0.3, -0.25) is 0 Å². The monoisotopic (exact) mass is 206 g/mol. The first-order valence-electron chi connectivity index (χ1n) is 4.35. The van der Waals surface area contributed by atoms with E-state index in [1.54, 1.807) is 26.4 Å². The van der Waals surface area contributed by atoms with Crippen LogP contribution in [0.3, 0.4) is 0 Å². The zero-order chi connectivity index (χ0) is 10.8. The highest BCUT2D eigenvalue weighted by atomic mass is 16.5. The van der Waals surface area contributed by atoms with Gasteiger partial charge >= 0.3 is 5.69 Å². The maximum Gasteiger partial charge on any atom is 0.345 e. The van der Waals surface area contributed by atoms with Crippen LogP contribution >= 0.6 is 0 Å². The number of nitrogens with zero attached hydrogens (tertiary/aromatic N) is 1. The Morgan fingerprint density at radius 2 is 2.07 bits per heavy atom.